The van der Waals surface area contributed by atoms with Crippen LogP contribution in [-0.2, 0) is 4.79 Å². The third kappa shape index (κ3) is 4.83. The molecule has 0 saturated carbocycles. The van der Waals surface area contributed by atoms with Crippen molar-refractivity contribution in [3.8, 4) is 0 Å². The molecule has 0 aliphatic rings. The highest BCUT2D eigenvalue weighted by atomic mass is 32.1. The van der Waals surface area contributed by atoms with Gasteiger partial charge in [-0.1, -0.05) is 6.92 Å². The van der Waals surface area contributed by atoms with Crippen LogP contribution in [0.2, 0.25) is 0 Å². The molecule has 2 N–H and O–H groups in total. The standard InChI is InChI=1S/C12H21N3OS/c1-5-13-8(2)6-11(16)15-10(4)12-14-7-9(3)17-12/h7-8,10,13H,5-6H2,1-4H3,(H,15,16). The van der Waals surface area contributed by atoms with Gasteiger partial charge < -0.3 is 10.6 Å². The summed E-state index contributed by atoms with van der Waals surface area (Å²) in [5.41, 5.74) is 0. The second kappa shape index (κ2) is 6.71. The van der Waals surface area contributed by atoms with Crippen molar-refractivity contribution >= 4 is 17.2 Å². The third-order valence-electron chi connectivity index (χ3n) is 2.43. The van der Waals surface area contributed by atoms with Gasteiger partial charge in [-0.2, -0.15) is 0 Å². The van der Waals surface area contributed by atoms with Gasteiger partial charge in [-0.3, -0.25) is 4.79 Å². The van der Waals surface area contributed by atoms with E-state index in [1.807, 2.05) is 33.9 Å². The average molecular weight is 255 g/mol. The quantitative estimate of drug-likeness (QED) is 0.817. The first-order valence-electron chi connectivity index (χ1n) is 5.98. The molecule has 1 heterocycles. The molecule has 17 heavy (non-hydrogen) atoms. The first kappa shape index (κ1) is 14.1. The van der Waals surface area contributed by atoms with E-state index in [0.29, 0.717) is 6.42 Å². The molecule has 1 aromatic rings. The molecule has 0 fully saturated rings. The molecule has 96 valence electrons. The second-order valence-corrected chi connectivity index (χ2v) is 5.53. The van der Waals surface area contributed by atoms with E-state index in [9.17, 15) is 4.79 Å². The summed E-state index contributed by atoms with van der Waals surface area (Å²) in [6.45, 7) is 8.92. The van der Waals surface area contributed by atoms with Crippen molar-refractivity contribution < 1.29 is 4.79 Å². The van der Waals surface area contributed by atoms with Crippen LogP contribution in [0.25, 0.3) is 0 Å². The van der Waals surface area contributed by atoms with E-state index < -0.39 is 0 Å². The van der Waals surface area contributed by atoms with E-state index in [0.717, 1.165) is 11.6 Å². The number of nitrogens with zero attached hydrogens (tertiary/aromatic N) is 1. The zero-order chi connectivity index (χ0) is 12.8. The summed E-state index contributed by atoms with van der Waals surface area (Å²) in [6.07, 6.45) is 2.34. The lowest BCUT2D eigenvalue weighted by Crippen LogP contribution is -2.34. The molecule has 0 bridgehead atoms. The van der Waals surface area contributed by atoms with E-state index in [-0.39, 0.29) is 18.0 Å². The normalized spacial score (nSPS) is 14.4. The summed E-state index contributed by atoms with van der Waals surface area (Å²) in [7, 11) is 0. The van der Waals surface area contributed by atoms with Crippen LogP contribution in [0.5, 0.6) is 0 Å². The van der Waals surface area contributed by atoms with E-state index in [1.165, 1.54) is 4.88 Å². The molecule has 0 radical (unpaired) electrons. The lowest BCUT2D eigenvalue weighted by atomic mass is 10.2. The number of carbonyl (C=O) groups excluding carboxylic acids is 1. The minimum absolute atomic E-state index is 0.00461. The monoisotopic (exact) mass is 255 g/mol. The highest BCUT2D eigenvalue weighted by Gasteiger charge is 2.14. The largest absolute Gasteiger partial charge is 0.347 e. The predicted octanol–water partition coefficient (Wildman–Crippen LogP) is 2.02. The Hall–Kier alpha value is -0.940. The first-order valence-corrected chi connectivity index (χ1v) is 6.79. The Kier molecular flexibility index (Phi) is 5.58. The lowest BCUT2D eigenvalue weighted by molar-refractivity contribution is -0.122. The molecule has 1 rings (SSSR count). The van der Waals surface area contributed by atoms with Gasteiger partial charge in [0, 0.05) is 23.5 Å². The maximum Gasteiger partial charge on any atom is 0.222 e. The smallest absolute Gasteiger partial charge is 0.222 e. The summed E-state index contributed by atoms with van der Waals surface area (Å²) in [5.74, 6) is 0.0683. The van der Waals surface area contributed by atoms with Crippen LogP contribution in [0.1, 0.15) is 43.1 Å². The van der Waals surface area contributed by atoms with E-state index in [4.69, 9.17) is 0 Å². The Bertz CT molecular complexity index is 364. The highest BCUT2D eigenvalue weighted by Crippen LogP contribution is 2.18. The number of thiazole rings is 1. The predicted molar refractivity (Wildman–Crippen MR) is 71.2 cm³/mol. The fourth-order valence-electron chi connectivity index (χ4n) is 1.63. The number of nitrogens with one attached hydrogen (secondary N) is 2. The Morgan fingerprint density at radius 3 is 2.76 bits per heavy atom. The number of carbonyl (C=O) groups is 1. The lowest BCUT2D eigenvalue weighted by Gasteiger charge is -2.15. The fraction of sp³-hybridized carbons (Fsp3) is 0.667. The van der Waals surface area contributed by atoms with Gasteiger partial charge >= 0.3 is 0 Å². The molecule has 4 nitrogen and oxygen atoms in total. The molecular weight excluding hydrogens is 234 g/mol. The molecular formula is C12H21N3OS. The van der Waals surface area contributed by atoms with Crippen LogP contribution < -0.4 is 10.6 Å². The summed E-state index contributed by atoms with van der Waals surface area (Å²) < 4.78 is 0. The Balaban J connectivity index is 2.40. The van der Waals surface area contributed by atoms with Crippen molar-refractivity contribution in [1.82, 2.24) is 15.6 Å². The van der Waals surface area contributed by atoms with E-state index >= 15 is 0 Å². The highest BCUT2D eigenvalue weighted by molar-refractivity contribution is 7.11. The number of amides is 1. The van der Waals surface area contributed by atoms with Crippen LogP contribution in [0.3, 0.4) is 0 Å². The zero-order valence-corrected chi connectivity index (χ0v) is 11.7. The van der Waals surface area contributed by atoms with Crippen LogP contribution in [0.4, 0.5) is 0 Å². The Morgan fingerprint density at radius 2 is 2.24 bits per heavy atom. The second-order valence-electron chi connectivity index (χ2n) is 4.26. The topological polar surface area (TPSA) is 54.0 Å². The van der Waals surface area contributed by atoms with Gasteiger partial charge in [-0.05, 0) is 27.3 Å². The maximum absolute atomic E-state index is 11.7. The molecule has 0 aliphatic carbocycles. The van der Waals surface area contributed by atoms with E-state index in [2.05, 4.69) is 15.6 Å². The average Bonchev–Trinajstić information content (AvgIpc) is 2.64. The summed E-state index contributed by atoms with van der Waals surface area (Å²) in [5, 5.41) is 7.15. The summed E-state index contributed by atoms with van der Waals surface area (Å²) >= 11 is 1.63. The molecule has 0 saturated heterocycles. The molecule has 2 unspecified atom stereocenters. The Labute approximate surface area is 107 Å². The van der Waals surface area contributed by atoms with Gasteiger partial charge in [-0.15, -0.1) is 11.3 Å². The van der Waals surface area contributed by atoms with Gasteiger partial charge in [0.25, 0.3) is 0 Å². The summed E-state index contributed by atoms with van der Waals surface area (Å²) in [6, 6.07) is 0.209. The van der Waals surface area contributed by atoms with Gasteiger partial charge in [0.1, 0.15) is 5.01 Å². The molecule has 1 amide bonds. The van der Waals surface area contributed by atoms with Crippen molar-refractivity contribution in [2.45, 2.75) is 46.2 Å². The zero-order valence-electron chi connectivity index (χ0n) is 10.9. The van der Waals surface area contributed by atoms with Crippen LogP contribution >= 0.6 is 11.3 Å². The Morgan fingerprint density at radius 1 is 1.53 bits per heavy atom. The SMILES string of the molecule is CCNC(C)CC(=O)NC(C)c1ncc(C)s1. The van der Waals surface area contributed by atoms with Gasteiger partial charge in [0.15, 0.2) is 0 Å². The van der Waals surface area contributed by atoms with Crippen molar-refractivity contribution in [3.63, 3.8) is 0 Å². The van der Waals surface area contributed by atoms with Crippen molar-refractivity contribution in [1.29, 1.82) is 0 Å². The van der Waals surface area contributed by atoms with E-state index in [1.54, 1.807) is 11.3 Å². The third-order valence-corrected chi connectivity index (χ3v) is 3.53. The van der Waals surface area contributed by atoms with Crippen LogP contribution in [0, 0.1) is 6.92 Å². The van der Waals surface area contributed by atoms with Crippen LogP contribution in [0.15, 0.2) is 6.20 Å². The number of rotatable bonds is 6. The molecule has 2 atom stereocenters. The minimum Gasteiger partial charge on any atom is -0.347 e. The molecule has 0 spiro atoms. The minimum atomic E-state index is -0.00461. The number of hydrogen-bond donors (Lipinski definition) is 2. The number of aryl methyl sites for hydroxylation is 1. The molecule has 5 heteroatoms. The van der Waals surface area contributed by atoms with Gasteiger partial charge in [-0.25, -0.2) is 4.98 Å². The van der Waals surface area contributed by atoms with Crippen LogP contribution in [-0.4, -0.2) is 23.5 Å². The summed E-state index contributed by atoms with van der Waals surface area (Å²) in [4.78, 5) is 17.2. The van der Waals surface area contributed by atoms with Crippen molar-refractivity contribution in [3.05, 3.63) is 16.1 Å². The maximum atomic E-state index is 11.7. The first-order chi connectivity index (χ1) is 8.02. The molecule has 0 aliphatic heterocycles. The van der Waals surface area contributed by atoms with Crippen molar-refractivity contribution in [2.24, 2.45) is 0 Å². The molecule has 1 aromatic heterocycles. The van der Waals surface area contributed by atoms with Gasteiger partial charge in [0.05, 0.1) is 6.04 Å². The van der Waals surface area contributed by atoms with Crippen molar-refractivity contribution in [2.75, 3.05) is 6.54 Å². The number of aromatic nitrogens is 1. The van der Waals surface area contributed by atoms with Gasteiger partial charge in [0.2, 0.25) is 5.91 Å². The number of hydrogen-bond acceptors (Lipinski definition) is 4. The fourth-order valence-corrected chi connectivity index (χ4v) is 2.41. The molecule has 0 aromatic carbocycles.